The second-order valence-corrected chi connectivity index (χ2v) is 11.2. The Bertz CT molecular complexity index is 1600. The van der Waals surface area contributed by atoms with Crippen LogP contribution >= 0.6 is 38.5 Å². The van der Waals surface area contributed by atoms with Gasteiger partial charge in [0.25, 0.3) is 11.5 Å². The molecule has 1 heterocycles. The summed E-state index contributed by atoms with van der Waals surface area (Å²) in [6.07, 6.45) is 1.59. The molecule has 0 bridgehead atoms. The van der Waals surface area contributed by atoms with Crippen LogP contribution in [-0.4, -0.2) is 35.0 Å². The zero-order valence-electron chi connectivity index (χ0n) is 22.0. The van der Waals surface area contributed by atoms with E-state index in [2.05, 4.69) is 53.9 Å². The van der Waals surface area contributed by atoms with E-state index in [4.69, 9.17) is 9.47 Å². The molecule has 0 radical (unpaired) electrons. The number of rotatable bonds is 9. The topological polar surface area (TPSA) is 94.8 Å². The summed E-state index contributed by atoms with van der Waals surface area (Å²) in [5.41, 5.74) is 2.89. The minimum atomic E-state index is -0.279. The van der Waals surface area contributed by atoms with Crippen molar-refractivity contribution in [2.75, 3.05) is 18.5 Å². The Morgan fingerprint density at radius 1 is 1.15 bits per heavy atom. The molecule has 1 aromatic heterocycles. The van der Waals surface area contributed by atoms with Gasteiger partial charge in [-0.25, -0.2) is 4.98 Å². The molecule has 202 valence electrons. The SMILES string of the molecule is CCOc1cc(C=Nn2c(C(C)C)nc3ccc(Br)cc3c2=O)cc(I)c1OCC(=O)Nc1ccc(C)cc1. The Labute approximate surface area is 248 Å². The maximum Gasteiger partial charge on any atom is 0.282 e. The van der Waals surface area contributed by atoms with Gasteiger partial charge in [-0.05, 0) is 84.5 Å². The summed E-state index contributed by atoms with van der Waals surface area (Å²) >= 11 is 5.56. The fraction of sp³-hybridized carbons (Fsp3) is 0.241. The van der Waals surface area contributed by atoms with E-state index >= 15 is 0 Å². The van der Waals surface area contributed by atoms with E-state index < -0.39 is 0 Å². The van der Waals surface area contributed by atoms with E-state index in [1.807, 2.05) is 70.2 Å². The first-order valence-electron chi connectivity index (χ1n) is 12.4. The number of amides is 1. The number of nitrogens with one attached hydrogen (secondary N) is 1. The van der Waals surface area contributed by atoms with Gasteiger partial charge in [-0.1, -0.05) is 47.5 Å². The van der Waals surface area contributed by atoms with Crippen LogP contribution in [0.4, 0.5) is 5.69 Å². The van der Waals surface area contributed by atoms with E-state index in [1.165, 1.54) is 4.68 Å². The molecule has 0 saturated carbocycles. The molecule has 0 spiro atoms. The van der Waals surface area contributed by atoms with Crippen molar-refractivity contribution in [3.8, 4) is 11.5 Å². The highest BCUT2D eigenvalue weighted by molar-refractivity contribution is 14.1. The van der Waals surface area contributed by atoms with Crippen LogP contribution in [0.15, 0.2) is 69.0 Å². The average Bonchev–Trinajstić information content (AvgIpc) is 2.89. The third-order valence-corrected chi connectivity index (χ3v) is 6.98. The molecule has 0 aliphatic rings. The zero-order valence-corrected chi connectivity index (χ0v) is 25.7. The third-order valence-electron chi connectivity index (χ3n) is 5.69. The van der Waals surface area contributed by atoms with Gasteiger partial charge in [-0.3, -0.25) is 9.59 Å². The first-order chi connectivity index (χ1) is 18.7. The molecule has 1 N–H and O–H groups in total. The summed E-state index contributed by atoms with van der Waals surface area (Å²) in [6.45, 7) is 8.02. The standard InChI is InChI=1S/C29H28BrIN4O4/c1-5-38-25-13-19(12-23(31)27(25)39-16-26(36)33-21-9-6-18(4)7-10-21)15-32-35-28(17(2)3)34-24-11-8-20(30)14-22(24)29(35)37/h6-15,17H,5,16H2,1-4H3,(H,33,36). The molecular weight excluding hydrogens is 675 g/mol. The first-order valence-corrected chi connectivity index (χ1v) is 14.3. The van der Waals surface area contributed by atoms with Crippen molar-refractivity contribution in [2.24, 2.45) is 5.10 Å². The molecular formula is C29H28BrIN4O4. The third kappa shape index (κ3) is 7.04. The summed E-state index contributed by atoms with van der Waals surface area (Å²) < 4.78 is 14.6. The molecule has 3 aromatic carbocycles. The number of carbonyl (C=O) groups excluding carboxylic acids is 1. The van der Waals surface area contributed by atoms with Crippen LogP contribution < -0.4 is 20.3 Å². The molecule has 0 aliphatic heterocycles. The predicted octanol–water partition coefficient (Wildman–Crippen LogP) is 6.49. The van der Waals surface area contributed by atoms with Gasteiger partial charge in [0.2, 0.25) is 0 Å². The normalized spacial score (nSPS) is 11.4. The fourth-order valence-corrected chi connectivity index (χ4v) is 4.95. The van der Waals surface area contributed by atoms with Crippen LogP contribution in [0.2, 0.25) is 0 Å². The van der Waals surface area contributed by atoms with E-state index in [9.17, 15) is 9.59 Å². The Morgan fingerprint density at radius 3 is 2.59 bits per heavy atom. The lowest BCUT2D eigenvalue weighted by Crippen LogP contribution is -2.23. The average molecular weight is 703 g/mol. The lowest BCUT2D eigenvalue weighted by Gasteiger charge is -2.15. The van der Waals surface area contributed by atoms with E-state index in [0.717, 1.165) is 13.6 Å². The van der Waals surface area contributed by atoms with Crippen molar-refractivity contribution in [2.45, 2.75) is 33.6 Å². The van der Waals surface area contributed by atoms with Crippen molar-refractivity contribution in [1.82, 2.24) is 9.66 Å². The number of carbonyl (C=O) groups is 1. The maximum atomic E-state index is 13.3. The van der Waals surface area contributed by atoms with E-state index in [0.29, 0.717) is 46.1 Å². The molecule has 4 rings (SSSR count). The molecule has 0 aliphatic carbocycles. The smallest absolute Gasteiger partial charge is 0.282 e. The molecule has 10 heteroatoms. The summed E-state index contributed by atoms with van der Waals surface area (Å²) in [6, 6.07) is 16.6. The number of hydrogen-bond acceptors (Lipinski definition) is 6. The fourth-order valence-electron chi connectivity index (χ4n) is 3.81. The van der Waals surface area contributed by atoms with Gasteiger partial charge in [0.15, 0.2) is 18.1 Å². The molecule has 1 amide bonds. The van der Waals surface area contributed by atoms with Crippen molar-refractivity contribution < 1.29 is 14.3 Å². The quantitative estimate of drug-likeness (QED) is 0.159. The number of nitrogens with zero attached hydrogens (tertiary/aromatic N) is 3. The van der Waals surface area contributed by atoms with Crippen LogP contribution in [0.25, 0.3) is 10.9 Å². The minimum absolute atomic E-state index is 0.0242. The lowest BCUT2D eigenvalue weighted by molar-refractivity contribution is -0.118. The number of benzene rings is 3. The molecule has 0 saturated heterocycles. The van der Waals surface area contributed by atoms with Crippen LogP contribution in [0.5, 0.6) is 11.5 Å². The number of aryl methyl sites for hydroxylation is 1. The first kappa shape index (κ1) is 28.8. The summed E-state index contributed by atoms with van der Waals surface area (Å²) in [5.74, 6) is 1.20. The summed E-state index contributed by atoms with van der Waals surface area (Å²) in [5, 5.41) is 7.82. The van der Waals surface area contributed by atoms with Crippen LogP contribution in [0.1, 0.15) is 43.6 Å². The molecule has 4 aromatic rings. The van der Waals surface area contributed by atoms with Crippen molar-refractivity contribution in [3.05, 3.63) is 89.9 Å². The second-order valence-electron chi connectivity index (χ2n) is 9.11. The Morgan fingerprint density at radius 2 is 1.90 bits per heavy atom. The number of fused-ring (bicyclic) bond motifs is 1. The number of halogens is 2. The second kappa shape index (κ2) is 12.7. The number of anilines is 1. The van der Waals surface area contributed by atoms with Gasteiger partial charge in [0, 0.05) is 16.1 Å². The van der Waals surface area contributed by atoms with Gasteiger partial charge >= 0.3 is 0 Å². The van der Waals surface area contributed by atoms with Crippen molar-refractivity contribution >= 4 is 67.2 Å². The van der Waals surface area contributed by atoms with E-state index in [-0.39, 0.29) is 24.0 Å². The van der Waals surface area contributed by atoms with E-state index in [1.54, 1.807) is 18.3 Å². The summed E-state index contributed by atoms with van der Waals surface area (Å²) in [7, 11) is 0. The highest BCUT2D eigenvalue weighted by atomic mass is 127. The van der Waals surface area contributed by atoms with Crippen molar-refractivity contribution in [3.63, 3.8) is 0 Å². The lowest BCUT2D eigenvalue weighted by atomic mass is 10.2. The van der Waals surface area contributed by atoms with Crippen molar-refractivity contribution in [1.29, 1.82) is 0 Å². The number of aromatic nitrogens is 2. The Hall–Kier alpha value is -3.25. The van der Waals surface area contributed by atoms with Gasteiger partial charge in [0.05, 0.1) is 27.3 Å². The van der Waals surface area contributed by atoms with Gasteiger partial charge in [-0.2, -0.15) is 9.78 Å². The van der Waals surface area contributed by atoms with Crippen LogP contribution in [0, 0.1) is 10.5 Å². The predicted molar refractivity (Wildman–Crippen MR) is 166 cm³/mol. The highest BCUT2D eigenvalue weighted by Crippen LogP contribution is 2.34. The van der Waals surface area contributed by atoms with Crippen LogP contribution in [0.3, 0.4) is 0 Å². The van der Waals surface area contributed by atoms with Gasteiger partial charge in [0.1, 0.15) is 5.82 Å². The molecule has 0 fully saturated rings. The Balaban J connectivity index is 1.60. The molecule has 39 heavy (non-hydrogen) atoms. The number of hydrogen-bond donors (Lipinski definition) is 1. The minimum Gasteiger partial charge on any atom is -0.490 e. The van der Waals surface area contributed by atoms with Gasteiger partial charge in [-0.15, -0.1) is 0 Å². The summed E-state index contributed by atoms with van der Waals surface area (Å²) in [4.78, 5) is 30.5. The molecule has 0 atom stereocenters. The number of ether oxygens (including phenoxy) is 2. The zero-order chi connectivity index (χ0) is 28.1. The molecule has 0 unspecified atom stereocenters. The highest BCUT2D eigenvalue weighted by Gasteiger charge is 2.16. The Kier molecular flexibility index (Phi) is 9.39. The maximum absolute atomic E-state index is 13.3. The van der Waals surface area contributed by atoms with Gasteiger partial charge < -0.3 is 14.8 Å². The largest absolute Gasteiger partial charge is 0.490 e. The van der Waals surface area contributed by atoms with Crippen LogP contribution in [-0.2, 0) is 4.79 Å². The monoisotopic (exact) mass is 702 g/mol. The molecule has 8 nitrogen and oxygen atoms in total.